The third kappa shape index (κ3) is 3.87. The monoisotopic (exact) mass is 220 g/mol. The number of carbonyl (C=O) groups excluding carboxylic acids is 1. The largest absolute Gasteiger partial charge is 0.436 e. The Balaban J connectivity index is 2.52. The van der Waals surface area contributed by atoms with Gasteiger partial charge in [-0.05, 0) is 18.1 Å². The molecule has 0 spiro atoms. The van der Waals surface area contributed by atoms with E-state index in [0.717, 1.165) is 11.1 Å². The SMILES string of the molecule is C=Cc1ccc(CC(=O)OC(C)OC)cc1. The first-order valence-electron chi connectivity index (χ1n) is 5.09. The molecular formula is C13H16O3. The van der Waals surface area contributed by atoms with Crippen LogP contribution in [0.15, 0.2) is 30.8 Å². The molecule has 16 heavy (non-hydrogen) atoms. The maximum absolute atomic E-state index is 11.4. The van der Waals surface area contributed by atoms with Crippen molar-refractivity contribution in [2.45, 2.75) is 19.6 Å². The summed E-state index contributed by atoms with van der Waals surface area (Å²) in [5, 5.41) is 0. The van der Waals surface area contributed by atoms with Crippen molar-refractivity contribution in [2.24, 2.45) is 0 Å². The highest BCUT2D eigenvalue weighted by molar-refractivity contribution is 5.72. The van der Waals surface area contributed by atoms with Gasteiger partial charge in [0.05, 0.1) is 6.42 Å². The van der Waals surface area contributed by atoms with Gasteiger partial charge in [0.25, 0.3) is 0 Å². The first kappa shape index (κ1) is 12.5. The lowest BCUT2D eigenvalue weighted by Gasteiger charge is -2.10. The molecule has 0 saturated heterocycles. The summed E-state index contributed by atoms with van der Waals surface area (Å²) in [4.78, 5) is 11.4. The predicted octanol–water partition coefficient (Wildman–Crippen LogP) is 2.41. The van der Waals surface area contributed by atoms with Crippen molar-refractivity contribution in [2.75, 3.05) is 7.11 Å². The summed E-state index contributed by atoms with van der Waals surface area (Å²) in [7, 11) is 1.50. The fourth-order valence-corrected chi connectivity index (χ4v) is 1.21. The molecule has 3 heteroatoms. The van der Waals surface area contributed by atoms with Gasteiger partial charge < -0.3 is 9.47 Å². The summed E-state index contributed by atoms with van der Waals surface area (Å²) in [5.41, 5.74) is 1.95. The number of hydrogen-bond acceptors (Lipinski definition) is 3. The summed E-state index contributed by atoms with van der Waals surface area (Å²) in [6.07, 6.45) is 1.51. The molecule has 1 aromatic carbocycles. The van der Waals surface area contributed by atoms with E-state index in [1.54, 1.807) is 13.0 Å². The number of methoxy groups -OCH3 is 1. The third-order valence-electron chi connectivity index (χ3n) is 2.19. The van der Waals surface area contributed by atoms with Crippen LogP contribution in [0, 0.1) is 0 Å². The Hall–Kier alpha value is -1.61. The van der Waals surface area contributed by atoms with Crippen LogP contribution < -0.4 is 0 Å². The van der Waals surface area contributed by atoms with Gasteiger partial charge in [0.2, 0.25) is 0 Å². The van der Waals surface area contributed by atoms with E-state index in [4.69, 9.17) is 9.47 Å². The molecular weight excluding hydrogens is 204 g/mol. The third-order valence-corrected chi connectivity index (χ3v) is 2.19. The van der Waals surface area contributed by atoms with Crippen LogP contribution in [0.5, 0.6) is 0 Å². The molecule has 0 saturated carbocycles. The molecule has 0 aliphatic carbocycles. The zero-order valence-electron chi connectivity index (χ0n) is 9.60. The Morgan fingerprint density at radius 1 is 1.44 bits per heavy atom. The van der Waals surface area contributed by atoms with Gasteiger partial charge in [0.15, 0.2) is 6.29 Å². The van der Waals surface area contributed by atoms with Gasteiger partial charge >= 0.3 is 5.97 Å². The molecule has 0 fully saturated rings. The van der Waals surface area contributed by atoms with E-state index < -0.39 is 6.29 Å². The number of carbonyl (C=O) groups is 1. The minimum Gasteiger partial charge on any atom is -0.436 e. The Labute approximate surface area is 95.7 Å². The van der Waals surface area contributed by atoms with Gasteiger partial charge in [-0.25, -0.2) is 0 Å². The van der Waals surface area contributed by atoms with Crippen LogP contribution >= 0.6 is 0 Å². The lowest BCUT2D eigenvalue weighted by atomic mass is 10.1. The average molecular weight is 220 g/mol. The summed E-state index contributed by atoms with van der Waals surface area (Å²) in [5.74, 6) is -0.291. The van der Waals surface area contributed by atoms with Crippen molar-refractivity contribution in [3.8, 4) is 0 Å². The molecule has 0 radical (unpaired) electrons. The van der Waals surface area contributed by atoms with E-state index in [1.807, 2.05) is 24.3 Å². The fourth-order valence-electron chi connectivity index (χ4n) is 1.21. The van der Waals surface area contributed by atoms with Gasteiger partial charge in [-0.1, -0.05) is 36.9 Å². The molecule has 0 N–H and O–H groups in total. The van der Waals surface area contributed by atoms with Crippen LogP contribution in [-0.2, 0) is 20.7 Å². The van der Waals surface area contributed by atoms with E-state index in [2.05, 4.69) is 6.58 Å². The van der Waals surface area contributed by atoms with E-state index >= 15 is 0 Å². The molecule has 1 atom stereocenters. The quantitative estimate of drug-likeness (QED) is 0.564. The number of rotatable bonds is 5. The van der Waals surface area contributed by atoms with Crippen LogP contribution in [-0.4, -0.2) is 19.4 Å². The Kier molecular flexibility index (Phi) is 4.73. The van der Waals surface area contributed by atoms with E-state index in [0.29, 0.717) is 0 Å². The smallest absolute Gasteiger partial charge is 0.312 e. The van der Waals surface area contributed by atoms with Gasteiger partial charge in [-0.3, -0.25) is 4.79 Å². The summed E-state index contributed by atoms with van der Waals surface area (Å²) in [6, 6.07) is 7.59. The normalized spacial score (nSPS) is 11.9. The van der Waals surface area contributed by atoms with Crippen LogP contribution in [0.3, 0.4) is 0 Å². The van der Waals surface area contributed by atoms with Gasteiger partial charge in [-0.2, -0.15) is 0 Å². The van der Waals surface area contributed by atoms with Gasteiger partial charge in [0, 0.05) is 7.11 Å². The zero-order chi connectivity index (χ0) is 12.0. The lowest BCUT2D eigenvalue weighted by molar-refractivity contribution is -0.168. The second-order valence-electron chi connectivity index (χ2n) is 3.42. The molecule has 1 rings (SSSR count). The highest BCUT2D eigenvalue weighted by atomic mass is 16.7. The van der Waals surface area contributed by atoms with Crippen molar-refractivity contribution >= 4 is 12.0 Å². The Morgan fingerprint density at radius 2 is 2.06 bits per heavy atom. The highest BCUT2D eigenvalue weighted by Crippen LogP contribution is 2.07. The predicted molar refractivity (Wildman–Crippen MR) is 62.8 cm³/mol. The topological polar surface area (TPSA) is 35.5 Å². The van der Waals surface area contributed by atoms with Crippen LogP contribution in [0.4, 0.5) is 0 Å². The molecule has 86 valence electrons. The van der Waals surface area contributed by atoms with Crippen molar-refractivity contribution in [1.29, 1.82) is 0 Å². The molecule has 0 aliphatic rings. The zero-order valence-corrected chi connectivity index (χ0v) is 9.60. The number of hydrogen-bond donors (Lipinski definition) is 0. The van der Waals surface area contributed by atoms with Crippen molar-refractivity contribution in [3.63, 3.8) is 0 Å². The minimum atomic E-state index is -0.500. The van der Waals surface area contributed by atoms with E-state index in [9.17, 15) is 4.79 Å². The van der Waals surface area contributed by atoms with Crippen molar-refractivity contribution < 1.29 is 14.3 Å². The Bertz CT molecular complexity index is 354. The summed E-state index contributed by atoms with van der Waals surface area (Å²) < 4.78 is 9.82. The highest BCUT2D eigenvalue weighted by Gasteiger charge is 2.08. The molecule has 0 bridgehead atoms. The molecule has 0 heterocycles. The standard InChI is InChI=1S/C13H16O3/c1-4-11-5-7-12(8-6-11)9-13(14)16-10(2)15-3/h4-8,10H,1,9H2,2-3H3. The molecule has 0 amide bonds. The van der Waals surface area contributed by atoms with Crippen molar-refractivity contribution in [3.05, 3.63) is 42.0 Å². The Morgan fingerprint density at radius 3 is 2.56 bits per heavy atom. The average Bonchev–Trinajstić information content (AvgIpc) is 2.29. The molecule has 0 aromatic heterocycles. The lowest BCUT2D eigenvalue weighted by Crippen LogP contribution is -2.17. The van der Waals surface area contributed by atoms with Crippen molar-refractivity contribution in [1.82, 2.24) is 0 Å². The second-order valence-corrected chi connectivity index (χ2v) is 3.42. The molecule has 1 unspecified atom stereocenters. The second kappa shape index (κ2) is 6.08. The van der Waals surface area contributed by atoms with Crippen LogP contribution in [0.2, 0.25) is 0 Å². The number of ether oxygens (including phenoxy) is 2. The number of benzene rings is 1. The van der Waals surface area contributed by atoms with Gasteiger partial charge in [0.1, 0.15) is 0 Å². The molecule has 0 aliphatic heterocycles. The summed E-state index contributed by atoms with van der Waals surface area (Å²) in [6.45, 7) is 5.34. The first-order valence-corrected chi connectivity index (χ1v) is 5.09. The fraction of sp³-hybridized carbons (Fsp3) is 0.308. The number of esters is 1. The van der Waals surface area contributed by atoms with Crippen LogP contribution in [0.25, 0.3) is 6.08 Å². The maximum Gasteiger partial charge on any atom is 0.312 e. The maximum atomic E-state index is 11.4. The molecule has 1 aromatic rings. The van der Waals surface area contributed by atoms with E-state index in [-0.39, 0.29) is 12.4 Å². The van der Waals surface area contributed by atoms with Crippen LogP contribution in [0.1, 0.15) is 18.1 Å². The minimum absolute atomic E-state index is 0.255. The van der Waals surface area contributed by atoms with Gasteiger partial charge in [-0.15, -0.1) is 0 Å². The van der Waals surface area contributed by atoms with E-state index in [1.165, 1.54) is 7.11 Å². The first-order chi connectivity index (χ1) is 7.65. The molecule has 3 nitrogen and oxygen atoms in total. The summed E-state index contributed by atoms with van der Waals surface area (Å²) >= 11 is 0.